The Hall–Kier alpha value is -3.29. The van der Waals surface area contributed by atoms with Crippen LogP contribution in [0.5, 0.6) is 0 Å². The normalized spacial score (nSPS) is 14.4. The molecule has 4 rings (SSSR count). The van der Waals surface area contributed by atoms with Crippen LogP contribution >= 0.6 is 0 Å². The number of carbonyl (C=O) groups is 1. The van der Waals surface area contributed by atoms with Crippen molar-refractivity contribution in [2.24, 2.45) is 0 Å². The summed E-state index contributed by atoms with van der Waals surface area (Å²) < 4.78 is 18.6. The van der Waals surface area contributed by atoms with Gasteiger partial charge in [0, 0.05) is 52.0 Å². The smallest absolute Gasteiger partial charge is 0.342 e. The number of nitrogens with zero attached hydrogens (tertiary/aromatic N) is 4. The Balaban J connectivity index is 1.29. The van der Waals surface area contributed by atoms with Crippen LogP contribution in [0.2, 0.25) is 0 Å². The topological polar surface area (TPSA) is 48.9 Å². The number of halogens is 1. The average molecular weight is 505 g/mol. The lowest BCUT2D eigenvalue weighted by Crippen LogP contribution is -2.46. The highest BCUT2D eigenvalue weighted by molar-refractivity contribution is 5.94. The fourth-order valence-corrected chi connectivity index (χ4v) is 4.60. The van der Waals surface area contributed by atoms with Crippen molar-refractivity contribution in [1.82, 2.24) is 14.8 Å². The van der Waals surface area contributed by atoms with Crippen LogP contribution < -0.4 is 4.90 Å². The molecule has 1 saturated heterocycles. The fraction of sp³-hybridized carbons (Fsp3) is 0.400. The van der Waals surface area contributed by atoms with E-state index in [4.69, 9.17) is 4.74 Å². The molecule has 0 bridgehead atoms. The standard InChI is InChI=1S/C30H37FN4O2/c1-4-33(21-26-11-13-27(31)14-12-26)20-24-7-9-25(10-8-24)22-34-16-18-35(19-17-34)29-28(6-5-15-32-29)30(36)37-23(2)3/h5-15,23H,4,16-22H2,1-3H3. The molecule has 0 atom stereocenters. The molecule has 0 amide bonds. The van der Waals surface area contributed by atoms with Crippen LogP contribution in [-0.2, 0) is 24.4 Å². The third-order valence-corrected chi connectivity index (χ3v) is 6.62. The number of piperazine rings is 1. The largest absolute Gasteiger partial charge is 0.459 e. The van der Waals surface area contributed by atoms with E-state index in [1.165, 1.54) is 23.3 Å². The van der Waals surface area contributed by atoms with Gasteiger partial charge >= 0.3 is 5.97 Å². The molecule has 196 valence electrons. The van der Waals surface area contributed by atoms with E-state index in [1.807, 2.05) is 26.0 Å². The van der Waals surface area contributed by atoms with E-state index in [2.05, 4.69) is 50.9 Å². The number of hydrogen-bond acceptors (Lipinski definition) is 6. The zero-order chi connectivity index (χ0) is 26.2. The summed E-state index contributed by atoms with van der Waals surface area (Å²) in [5.74, 6) is 0.190. The quantitative estimate of drug-likeness (QED) is 0.357. The molecule has 1 aliphatic heterocycles. The van der Waals surface area contributed by atoms with Gasteiger partial charge in [0.15, 0.2) is 0 Å². The molecular weight excluding hydrogens is 467 g/mol. The highest BCUT2D eigenvalue weighted by Gasteiger charge is 2.23. The van der Waals surface area contributed by atoms with E-state index >= 15 is 0 Å². The number of rotatable bonds is 10. The number of carbonyl (C=O) groups excluding carboxylic acids is 1. The maximum Gasteiger partial charge on any atom is 0.342 e. The summed E-state index contributed by atoms with van der Waals surface area (Å²) in [5.41, 5.74) is 4.21. The first-order valence-corrected chi connectivity index (χ1v) is 13.1. The Bertz CT molecular complexity index is 1140. The van der Waals surface area contributed by atoms with Crippen molar-refractivity contribution in [3.05, 3.63) is 94.9 Å². The van der Waals surface area contributed by atoms with E-state index in [0.717, 1.165) is 57.9 Å². The molecule has 1 aliphatic rings. The molecule has 6 nitrogen and oxygen atoms in total. The molecular formula is C30H37FN4O2. The third kappa shape index (κ3) is 7.60. The van der Waals surface area contributed by atoms with Gasteiger partial charge in [0.25, 0.3) is 0 Å². The summed E-state index contributed by atoms with van der Waals surface area (Å²) in [5, 5.41) is 0. The number of anilines is 1. The second kappa shape index (κ2) is 12.8. The van der Waals surface area contributed by atoms with Gasteiger partial charge in [-0.2, -0.15) is 0 Å². The molecule has 2 aromatic carbocycles. The van der Waals surface area contributed by atoms with Crippen molar-refractivity contribution in [3.8, 4) is 0 Å². The first-order chi connectivity index (χ1) is 17.9. The molecule has 0 saturated carbocycles. The Morgan fingerprint density at radius 2 is 1.54 bits per heavy atom. The Morgan fingerprint density at radius 1 is 0.946 bits per heavy atom. The summed E-state index contributed by atoms with van der Waals surface area (Å²) in [6, 6.07) is 19.2. The van der Waals surface area contributed by atoms with Crippen molar-refractivity contribution in [3.63, 3.8) is 0 Å². The maximum atomic E-state index is 13.2. The molecule has 2 heterocycles. The number of ether oxygens (including phenoxy) is 1. The van der Waals surface area contributed by atoms with Crippen LogP contribution in [0.1, 0.15) is 47.8 Å². The van der Waals surface area contributed by atoms with Crippen molar-refractivity contribution in [1.29, 1.82) is 0 Å². The highest BCUT2D eigenvalue weighted by atomic mass is 19.1. The number of benzene rings is 2. The van der Waals surface area contributed by atoms with Gasteiger partial charge in [-0.3, -0.25) is 9.80 Å². The zero-order valence-electron chi connectivity index (χ0n) is 22.1. The minimum absolute atomic E-state index is 0.163. The second-order valence-corrected chi connectivity index (χ2v) is 9.84. The van der Waals surface area contributed by atoms with Gasteiger partial charge in [0.05, 0.1) is 6.10 Å². The summed E-state index contributed by atoms with van der Waals surface area (Å²) in [4.78, 5) is 24.0. The van der Waals surface area contributed by atoms with Crippen LogP contribution in [0.4, 0.5) is 10.2 Å². The van der Waals surface area contributed by atoms with Crippen molar-refractivity contribution in [2.45, 2.75) is 46.5 Å². The Kier molecular flexibility index (Phi) is 9.25. The molecule has 37 heavy (non-hydrogen) atoms. The van der Waals surface area contributed by atoms with E-state index in [-0.39, 0.29) is 17.9 Å². The van der Waals surface area contributed by atoms with Crippen molar-refractivity contribution >= 4 is 11.8 Å². The van der Waals surface area contributed by atoms with Crippen LogP contribution in [0.25, 0.3) is 0 Å². The van der Waals surface area contributed by atoms with Gasteiger partial charge in [0.1, 0.15) is 17.2 Å². The molecule has 1 aromatic heterocycles. The van der Waals surface area contributed by atoms with Gasteiger partial charge in [-0.15, -0.1) is 0 Å². The number of esters is 1. The van der Waals surface area contributed by atoms with Crippen LogP contribution in [0.3, 0.4) is 0 Å². The molecule has 7 heteroatoms. The van der Waals surface area contributed by atoms with Crippen molar-refractivity contribution in [2.75, 3.05) is 37.6 Å². The van der Waals surface area contributed by atoms with Crippen LogP contribution in [-0.4, -0.2) is 59.6 Å². The van der Waals surface area contributed by atoms with Crippen molar-refractivity contribution < 1.29 is 13.9 Å². The molecule has 0 spiro atoms. The Morgan fingerprint density at radius 3 is 2.14 bits per heavy atom. The maximum absolute atomic E-state index is 13.2. The molecule has 3 aromatic rings. The molecule has 0 N–H and O–H groups in total. The zero-order valence-corrected chi connectivity index (χ0v) is 22.1. The van der Waals surface area contributed by atoms with E-state index in [9.17, 15) is 9.18 Å². The fourth-order valence-electron chi connectivity index (χ4n) is 4.60. The van der Waals surface area contributed by atoms with E-state index < -0.39 is 0 Å². The minimum atomic E-state index is -0.320. The minimum Gasteiger partial charge on any atom is -0.459 e. The Labute approximate surface area is 219 Å². The lowest BCUT2D eigenvalue weighted by atomic mass is 10.1. The highest BCUT2D eigenvalue weighted by Crippen LogP contribution is 2.21. The van der Waals surface area contributed by atoms with Gasteiger partial charge < -0.3 is 9.64 Å². The number of aromatic nitrogens is 1. The first-order valence-electron chi connectivity index (χ1n) is 13.1. The van der Waals surface area contributed by atoms with Gasteiger partial charge in [-0.05, 0) is 61.3 Å². The molecule has 0 aliphatic carbocycles. The lowest BCUT2D eigenvalue weighted by Gasteiger charge is -2.36. The second-order valence-electron chi connectivity index (χ2n) is 9.84. The van der Waals surface area contributed by atoms with E-state index in [1.54, 1.807) is 18.3 Å². The SMILES string of the molecule is CCN(Cc1ccc(F)cc1)Cc1ccc(CN2CCN(c3ncccc3C(=O)OC(C)C)CC2)cc1. The summed E-state index contributed by atoms with van der Waals surface area (Å²) in [6.45, 7) is 12.8. The number of pyridine rings is 1. The summed E-state index contributed by atoms with van der Waals surface area (Å²) in [6.07, 6.45) is 1.57. The molecule has 1 fully saturated rings. The predicted octanol–water partition coefficient (Wildman–Crippen LogP) is 5.13. The molecule has 0 unspecified atom stereocenters. The number of hydrogen-bond donors (Lipinski definition) is 0. The lowest BCUT2D eigenvalue weighted by molar-refractivity contribution is 0.0378. The predicted molar refractivity (Wildman–Crippen MR) is 145 cm³/mol. The molecule has 0 radical (unpaired) electrons. The van der Waals surface area contributed by atoms with Gasteiger partial charge in [-0.25, -0.2) is 14.2 Å². The summed E-state index contributed by atoms with van der Waals surface area (Å²) in [7, 11) is 0. The first kappa shape index (κ1) is 26.8. The third-order valence-electron chi connectivity index (χ3n) is 6.62. The van der Waals surface area contributed by atoms with Gasteiger partial charge in [-0.1, -0.05) is 43.3 Å². The van der Waals surface area contributed by atoms with Crippen LogP contribution in [0.15, 0.2) is 66.9 Å². The average Bonchev–Trinajstić information content (AvgIpc) is 2.90. The summed E-state index contributed by atoms with van der Waals surface area (Å²) >= 11 is 0. The van der Waals surface area contributed by atoms with Crippen LogP contribution in [0, 0.1) is 5.82 Å². The van der Waals surface area contributed by atoms with Gasteiger partial charge in [0.2, 0.25) is 0 Å². The van der Waals surface area contributed by atoms with E-state index in [0.29, 0.717) is 11.4 Å². The monoisotopic (exact) mass is 504 g/mol.